The molecule has 2 aromatic carbocycles. The molecule has 0 bridgehead atoms. The maximum absolute atomic E-state index is 9.27. The monoisotopic (exact) mass is 450 g/mol. The lowest BCUT2D eigenvalue weighted by atomic mass is 10.0. The van der Waals surface area contributed by atoms with Gasteiger partial charge in [-0.2, -0.15) is 0 Å². The molecule has 2 rings (SSSR count). The summed E-state index contributed by atoms with van der Waals surface area (Å²) < 4.78 is 2.61. The molecule has 0 amide bonds. The summed E-state index contributed by atoms with van der Waals surface area (Å²) in [5.41, 5.74) is 3.89. The Morgan fingerprint density at radius 3 is 2.06 bits per heavy atom. The van der Waals surface area contributed by atoms with Gasteiger partial charge in [-0.05, 0) is 99.5 Å². The molecule has 0 atom stereocenters. The van der Waals surface area contributed by atoms with E-state index in [4.69, 9.17) is 0 Å². The summed E-state index contributed by atoms with van der Waals surface area (Å²) in [6, 6.07) is 11.8. The Balaban J connectivity index is 2.33. The lowest BCUT2D eigenvalue weighted by molar-refractivity contribution is 0.475. The lowest BCUT2D eigenvalue weighted by Crippen LogP contribution is -1.96. The van der Waals surface area contributed by atoms with Gasteiger partial charge in [0.1, 0.15) is 5.75 Å². The minimum absolute atomic E-state index is 0.321. The Labute approximate surface area is 129 Å². The van der Waals surface area contributed by atoms with Crippen LogP contribution < -0.4 is 0 Å². The normalized spacial score (nSPS) is 10.5. The second-order valence-electron chi connectivity index (χ2n) is 4.05. The fraction of sp³-hybridized carbons (Fsp3) is 0.143. The first kappa shape index (κ1) is 13.1. The number of phenols is 1. The minimum Gasteiger partial charge on any atom is -0.508 e. The molecule has 1 nitrogen and oxygen atoms in total. The molecular weight excluding hydrogens is 438 g/mol. The molecule has 0 heterocycles. The number of phenolic OH excluding ortho intramolecular Hbond substituents is 1. The van der Waals surface area contributed by atoms with Crippen molar-refractivity contribution >= 4 is 45.2 Å². The van der Waals surface area contributed by atoms with E-state index in [0.29, 0.717) is 5.75 Å². The van der Waals surface area contributed by atoms with E-state index < -0.39 is 0 Å². The molecule has 0 fully saturated rings. The van der Waals surface area contributed by atoms with Gasteiger partial charge in [0, 0.05) is 7.14 Å². The van der Waals surface area contributed by atoms with Crippen molar-refractivity contribution in [3.63, 3.8) is 0 Å². The summed E-state index contributed by atoms with van der Waals surface area (Å²) in [6.45, 7) is 2.12. The van der Waals surface area contributed by atoms with Crippen LogP contribution >= 0.6 is 45.2 Å². The third kappa shape index (κ3) is 3.34. The van der Waals surface area contributed by atoms with E-state index in [1.807, 2.05) is 12.1 Å². The summed E-state index contributed by atoms with van der Waals surface area (Å²) >= 11 is 4.78. The average molecular weight is 450 g/mol. The molecule has 0 aliphatic heterocycles. The van der Waals surface area contributed by atoms with E-state index in [1.165, 1.54) is 23.8 Å². The van der Waals surface area contributed by atoms with Gasteiger partial charge in [-0.1, -0.05) is 12.1 Å². The SMILES string of the molecule is Cc1cc(I)c(Cc2ccc(O)cc2)c(I)c1. The highest BCUT2D eigenvalue weighted by Gasteiger charge is 2.07. The Morgan fingerprint density at radius 2 is 1.53 bits per heavy atom. The molecule has 1 N–H and O–H groups in total. The van der Waals surface area contributed by atoms with Gasteiger partial charge in [0.2, 0.25) is 0 Å². The van der Waals surface area contributed by atoms with Crippen LogP contribution in [-0.4, -0.2) is 5.11 Å². The van der Waals surface area contributed by atoms with E-state index in [-0.39, 0.29) is 0 Å². The number of halogens is 2. The third-order valence-electron chi connectivity index (χ3n) is 2.60. The smallest absolute Gasteiger partial charge is 0.115 e. The highest BCUT2D eigenvalue weighted by atomic mass is 127. The first-order chi connectivity index (χ1) is 8.06. The van der Waals surface area contributed by atoms with Crippen LogP contribution in [0.3, 0.4) is 0 Å². The van der Waals surface area contributed by atoms with E-state index in [1.54, 1.807) is 12.1 Å². The van der Waals surface area contributed by atoms with Crippen LogP contribution in [0.5, 0.6) is 5.75 Å². The second kappa shape index (κ2) is 5.56. The predicted molar refractivity (Wildman–Crippen MR) is 87.5 cm³/mol. The highest BCUT2D eigenvalue weighted by molar-refractivity contribution is 14.1. The standard InChI is InChI=1S/C14H12I2O/c1-9-6-13(15)12(14(16)7-9)8-10-2-4-11(17)5-3-10/h2-7,17H,8H2,1H3. The van der Waals surface area contributed by atoms with E-state index >= 15 is 0 Å². The second-order valence-corrected chi connectivity index (χ2v) is 6.37. The van der Waals surface area contributed by atoms with Gasteiger partial charge in [-0.3, -0.25) is 0 Å². The third-order valence-corrected chi connectivity index (χ3v) is 4.53. The number of aryl methyl sites for hydroxylation is 1. The highest BCUT2D eigenvalue weighted by Crippen LogP contribution is 2.24. The van der Waals surface area contributed by atoms with Crippen molar-refractivity contribution in [3.8, 4) is 5.75 Å². The molecule has 17 heavy (non-hydrogen) atoms. The predicted octanol–water partition coefficient (Wildman–Crippen LogP) is 4.50. The molecule has 0 radical (unpaired) electrons. The van der Waals surface area contributed by atoms with Crippen LogP contribution in [0.2, 0.25) is 0 Å². The van der Waals surface area contributed by atoms with Crippen LogP contribution in [-0.2, 0) is 6.42 Å². The van der Waals surface area contributed by atoms with Gasteiger partial charge < -0.3 is 5.11 Å². The maximum Gasteiger partial charge on any atom is 0.115 e. The molecule has 0 aliphatic rings. The first-order valence-corrected chi connectivity index (χ1v) is 7.44. The average Bonchev–Trinajstić information content (AvgIpc) is 2.26. The Hall–Kier alpha value is -0.300. The molecular formula is C14H12I2O. The molecule has 88 valence electrons. The van der Waals surface area contributed by atoms with Crippen molar-refractivity contribution in [2.45, 2.75) is 13.3 Å². The van der Waals surface area contributed by atoms with Crippen molar-refractivity contribution < 1.29 is 5.11 Å². The quantitative estimate of drug-likeness (QED) is 0.669. The van der Waals surface area contributed by atoms with Gasteiger partial charge in [-0.25, -0.2) is 0 Å². The number of rotatable bonds is 2. The van der Waals surface area contributed by atoms with Crippen molar-refractivity contribution in [2.24, 2.45) is 0 Å². The van der Waals surface area contributed by atoms with Gasteiger partial charge in [0.05, 0.1) is 0 Å². The summed E-state index contributed by atoms with van der Waals surface area (Å²) in [4.78, 5) is 0. The van der Waals surface area contributed by atoms with Crippen molar-refractivity contribution in [2.75, 3.05) is 0 Å². The zero-order valence-corrected chi connectivity index (χ0v) is 13.7. The van der Waals surface area contributed by atoms with Crippen LogP contribution in [0.25, 0.3) is 0 Å². The van der Waals surface area contributed by atoms with Crippen LogP contribution in [0.1, 0.15) is 16.7 Å². The molecule has 3 heteroatoms. The summed E-state index contributed by atoms with van der Waals surface area (Å²) in [6.07, 6.45) is 0.914. The summed E-state index contributed by atoms with van der Waals surface area (Å²) in [5.74, 6) is 0.321. The molecule has 0 saturated heterocycles. The number of hydrogen-bond acceptors (Lipinski definition) is 1. The minimum atomic E-state index is 0.321. The van der Waals surface area contributed by atoms with E-state index in [9.17, 15) is 5.11 Å². The summed E-state index contributed by atoms with van der Waals surface area (Å²) in [5, 5.41) is 9.27. The maximum atomic E-state index is 9.27. The molecule has 2 aromatic rings. The Kier molecular flexibility index (Phi) is 4.30. The molecule has 0 aliphatic carbocycles. The largest absolute Gasteiger partial charge is 0.508 e. The lowest BCUT2D eigenvalue weighted by Gasteiger charge is -2.09. The summed E-state index contributed by atoms with van der Waals surface area (Å²) in [7, 11) is 0. The fourth-order valence-corrected chi connectivity index (χ4v) is 4.18. The van der Waals surface area contributed by atoms with Crippen LogP contribution in [0, 0.1) is 14.1 Å². The molecule has 0 aromatic heterocycles. The fourth-order valence-electron chi connectivity index (χ4n) is 1.72. The molecule has 0 unspecified atom stereocenters. The van der Waals surface area contributed by atoms with Gasteiger partial charge >= 0.3 is 0 Å². The van der Waals surface area contributed by atoms with Crippen molar-refractivity contribution in [1.82, 2.24) is 0 Å². The van der Waals surface area contributed by atoms with Crippen LogP contribution in [0.4, 0.5) is 0 Å². The van der Waals surface area contributed by atoms with E-state index in [2.05, 4.69) is 64.2 Å². The number of benzene rings is 2. The van der Waals surface area contributed by atoms with Crippen molar-refractivity contribution in [3.05, 3.63) is 60.2 Å². The Bertz CT molecular complexity index is 509. The number of hydrogen-bond donors (Lipinski definition) is 1. The zero-order chi connectivity index (χ0) is 12.4. The van der Waals surface area contributed by atoms with Crippen molar-refractivity contribution in [1.29, 1.82) is 0 Å². The van der Waals surface area contributed by atoms with E-state index in [0.717, 1.165) is 6.42 Å². The first-order valence-electron chi connectivity index (χ1n) is 5.28. The van der Waals surface area contributed by atoms with Gasteiger partial charge in [-0.15, -0.1) is 0 Å². The van der Waals surface area contributed by atoms with Gasteiger partial charge in [0.15, 0.2) is 0 Å². The molecule has 0 spiro atoms. The molecule has 0 saturated carbocycles. The van der Waals surface area contributed by atoms with Gasteiger partial charge in [0.25, 0.3) is 0 Å². The Morgan fingerprint density at radius 1 is 1.00 bits per heavy atom. The van der Waals surface area contributed by atoms with Crippen LogP contribution in [0.15, 0.2) is 36.4 Å². The number of aromatic hydroxyl groups is 1. The zero-order valence-electron chi connectivity index (χ0n) is 9.37. The topological polar surface area (TPSA) is 20.2 Å².